The Balaban J connectivity index is 1.40. The standard InChI is InChI=1S/C27H21ClN2O4S/c1-16-8-9-19(14-23(16)28)29-24(31)15-35-20-12-10-18(11-13-20)30-26(32)21-6-2-4-17-5-3-7-22(25(17)21)27(33)34/h2-14H,15H2,1H3,(H,29,31)(H,30,32)(H,33,34). The van der Waals surface area contributed by atoms with Gasteiger partial charge >= 0.3 is 5.97 Å². The van der Waals surface area contributed by atoms with Gasteiger partial charge in [0.1, 0.15) is 0 Å². The number of carboxylic acids is 1. The fourth-order valence-electron chi connectivity index (χ4n) is 3.56. The summed E-state index contributed by atoms with van der Waals surface area (Å²) in [4.78, 5) is 37.7. The molecule has 0 unspecified atom stereocenters. The van der Waals surface area contributed by atoms with Crippen LogP contribution in [0.15, 0.2) is 83.8 Å². The molecule has 6 nitrogen and oxygen atoms in total. The van der Waals surface area contributed by atoms with Gasteiger partial charge in [0, 0.05) is 32.2 Å². The molecule has 0 aliphatic rings. The van der Waals surface area contributed by atoms with Crippen LogP contribution >= 0.6 is 23.4 Å². The van der Waals surface area contributed by atoms with Crippen LogP contribution in [-0.4, -0.2) is 28.6 Å². The molecule has 3 N–H and O–H groups in total. The summed E-state index contributed by atoms with van der Waals surface area (Å²) < 4.78 is 0. The Morgan fingerprint density at radius 2 is 1.51 bits per heavy atom. The molecule has 0 aliphatic carbocycles. The third-order valence-electron chi connectivity index (χ3n) is 5.32. The lowest BCUT2D eigenvalue weighted by molar-refractivity contribution is -0.113. The van der Waals surface area contributed by atoms with Gasteiger partial charge in [-0.2, -0.15) is 0 Å². The Morgan fingerprint density at radius 3 is 2.17 bits per heavy atom. The first-order chi connectivity index (χ1) is 16.8. The van der Waals surface area contributed by atoms with Gasteiger partial charge in [-0.25, -0.2) is 4.79 Å². The van der Waals surface area contributed by atoms with E-state index in [1.54, 1.807) is 54.6 Å². The van der Waals surface area contributed by atoms with E-state index in [9.17, 15) is 19.5 Å². The first-order valence-corrected chi connectivity index (χ1v) is 12.0. The quantitative estimate of drug-likeness (QED) is 0.250. The van der Waals surface area contributed by atoms with Gasteiger partial charge in [-0.1, -0.05) is 41.9 Å². The number of aryl methyl sites for hydroxylation is 1. The number of thioether (sulfide) groups is 1. The third kappa shape index (κ3) is 5.82. The normalized spacial score (nSPS) is 10.7. The lowest BCUT2D eigenvalue weighted by Crippen LogP contribution is -2.14. The number of carbonyl (C=O) groups excluding carboxylic acids is 2. The van der Waals surface area contributed by atoms with E-state index in [1.165, 1.54) is 17.8 Å². The number of halogens is 1. The lowest BCUT2D eigenvalue weighted by Gasteiger charge is -2.11. The first kappa shape index (κ1) is 24.3. The Bertz CT molecular complexity index is 1430. The number of carboxylic acid groups (broad SMARTS) is 1. The van der Waals surface area contributed by atoms with Crippen LogP contribution in [0.2, 0.25) is 5.02 Å². The second-order valence-corrected chi connectivity index (χ2v) is 9.25. The van der Waals surface area contributed by atoms with Crippen LogP contribution in [0.4, 0.5) is 11.4 Å². The van der Waals surface area contributed by atoms with E-state index >= 15 is 0 Å². The highest BCUT2D eigenvalue weighted by atomic mass is 35.5. The average Bonchev–Trinajstić information content (AvgIpc) is 2.85. The molecule has 35 heavy (non-hydrogen) atoms. The second kappa shape index (κ2) is 10.6. The zero-order valence-electron chi connectivity index (χ0n) is 18.7. The minimum Gasteiger partial charge on any atom is -0.478 e. The number of fused-ring (bicyclic) bond motifs is 1. The summed E-state index contributed by atoms with van der Waals surface area (Å²) >= 11 is 7.46. The largest absolute Gasteiger partial charge is 0.478 e. The van der Waals surface area contributed by atoms with Crippen molar-refractivity contribution in [1.29, 1.82) is 0 Å². The van der Waals surface area contributed by atoms with Gasteiger partial charge in [0.25, 0.3) is 5.91 Å². The molecule has 0 saturated heterocycles. The van der Waals surface area contributed by atoms with Gasteiger partial charge in [0.2, 0.25) is 5.91 Å². The molecule has 0 aromatic heterocycles. The maximum atomic E-state index is 12.9. The van der Waals surface area contributed by atoms with Crippen molar-refractivity contribution in [3.8, 4) is 0 Å². The molecule has 0 heterocycles. The number of nitrogens with one attached hydrogen (secondary N) is 2. The number of aromatic carboxylic acids is 1. The number of amides is 2. The van der Waals surface area contributed by atoms with Crippen LogP contribution in [0.5, 0.6) is 0 Å². The van der Waals surface area contributed by atoms with E-state index in [0.717, 1.165) is 10.5 Å². The molecule has 176 valence electrons. The molecule has 0 fully saturated rings. The predicted molar refractivity (Wildman–Crippen MR) is 141 cm³/mol. The Kier molecular flexibility index (Phi) is 7.39. The van der Waals surface area contributed by atoms with E-state index in [0.29, 0.717) is 27.2 Å². The highest BCUT2D eigenvalue weighted by Gasteiger charge is 2.16. The molecule has 0 atom stereocenters. The molecule has 8 heteroatoms. The molecule has 4 aromatic rings. The highest BCUT2D eigenvalue weighted by molar-refractivity contribution is 8.00. The van der Waals surface area contributed by atoms with E-state index in [-0.39, 0.29) is 22.8 Å². The molecule has 4 rings (SSSR count). The Hall–Kier alpha value is -3.81. The molecule has 0 aliphatic heterocycles. The summed E-state index contributed by atoms with van der Waals surface area (Å²) in [6.45, 7) is 1.89. The van der Waals surface area contributed by atoms with Crippen LogP contribution in [0.25, 0.3) is 10.8 Å². The molecule has 4 aromatic carbocycles. The Morgan fingerprint density at radius 1 is 0.857 bits per heavy atom. The first-order valence-electron chi connectivity index (χ1n) is 10.7. The molecule has 0 bridgehead atoms. The van der Waals surface area contributed by atoms with Gasteiger partial charge in [0.15, 0.2) is 0 Å². The SMILES string of the molecule is Cc1ccc(NC(=O)CSc2ccc(NC(=O)c3cccc4cccc(C(=O)O)c34)cc2)cc1Cl. The zero-order valence-corrected chi connectivity index (χ0v) is 20.2. The minimum absolute atomic E-state index is 0.0752. The third-order valence-corrected chi connectivity index (χ3v) is 6.74. The zero-order chi connectivity index (χ0) is 24.9. The van der Waals surface area contributed by atoms with Gasteiger partial charge in [-0.3, -0.25) is 9.59 Å². The van der Waals surface area contributed by atoms with E-state index in [1.807, 2.05) is 25.1 Å². The number of benzene rings is 4. The summed E-state index contributed by atoms with van der Waals surface area (Å²) in [6, 6.07) is 22.5. The van der Waals surface area contributed by atoms with Crippen molar-refractivity contribution in [1.82, 2.24) is 0 Å². The van der Waals surface area contributed by atoms with Crippen molar-refractivity contribution >= 4 is 63.3 Å². The van der Waals surface area contributed by atoms with E-state index < -0.39 is 11.9 Å². The summed E-state index contributed by atoms with van der Waals surface area (Å²) in [5.74, 6) is -1.43. The van der Waals surface area contributed by atoms with Crippen LogP contribution < -0.4 is 10.6 Å². The topological polar surface area (TPSA) is 95.5 Å². The molecule has 2 amide bonds. The highest BCUT2D eigenvalue weighted by Crippen LogP contribution is 2.26. The predicted octanol–water partition coefficient (Wildman–Crippen LogP) is 6.48. The average molecular weight is 505 g/mol. The van der Waals surface area contributed by atoms with Gasteiger partial charge in [-0.15, -0.1) is 11.8 Å². The molecule has 0 radical (unpaired) electrons. The summed E-state index contributed by atoms with van der Waals surface area (Å²) in [7, 11) is 0. The van der Waals surface area contributed by atoms with Gasteiger partial charge in [0.05, 0.1) is 11.3 Å². The summed E-state index contributed by atoms with van der Waals surface area (Å²) in [6.07, 6.45) is 0. The molecular formula is C27H21ClN2O4S. The van der Waals surface area contributed by atoms with E-state index in [2.05, 4.69) is 10.6 Å². The molecular weight excluding hydrogens is 484 g/mol. The number of anilines is 2. The summed E-state index contributed by atoms with van der Waals surface area (Å²) in [5.41, 5.74) is 2.50. The summed E-state index contributed by atoms with van der Waals surface area (Å²) in [5, 5.41) is 16.8. The minimum atomic E-state index is -1.09. The van der Waals surface area contributed by atoms with Crippen LogP contribution in [-0.2, 0) is 4.79 Å². The van der Waals surface area contributed by atoms with Gasteiger partial charge < -0.3 is 15.7 Å². The van der Waals surface area contributed by atoms with Crippen LogP contribution in [0.1, 0.15) is 26.3 Å². The van der Waals surface area contributed by atoms with Crippen molar-refractivity contribution in [2.45, 2.75) is 11.8 Å². The fourth-order valence-corrected chi connectivity index (χ4v) is 4.44. The lowest BCUT2D eigenvalue weighted by atomic mass is 9.98. The van der Waals surface area contributed by atoms with Crippen molar-refractivity contribution < 1.29 is 19.5 Å². The van der Waals surface area contributed by atoms with E-state index in [4.69, 9.17) is 11.6 Å². The second-order valence-electron chi connectivity index (χ2n) is 7.79. The van der Waals surface area contributed by atoms with Crippen molar-refractivity contribution in [2.24, 2.45) is 0 Å². The molecule has 0 spiro atoms. The molecule has 0 saturated carbocycles. The number of rotatable bonds is 7. The Labute approximate surface area is 211 Å². The van der Waals surface area contributed by atoms with Crippen LogP contribution in [0, 0.1) is 6.92 Å². The number of carbonyl (C=O) groups is 3. The number of hydrogen-bond acceptors (Lipinski definition) is 4. The van der Waals surface area contributed by atoms with Gasteiger partial charge in [-0.05, 0) is 66.4 Å². The van der Waals surface area contributed by atoms with Crippen molar-refractivity contribution in [3.05, 3.63) is 101 Å². The smallest absolute Gasteiger partial charge is 0.336 e. The van der Waals surface area contributed by atoms with Crippen molar-refractivity contribution in [2.75, 3.05) is 16.4 Å². The number of hydrogen-bond donors (Lipinski definition) is 3. The fraction of sp³-hybridized carbons (Fsp3) is 0.0741. The monoisotopic (exact) mass is 504 g/mol. The maximum Gasteiger partial charge on any atom is 0.336 e. The maximum absolute atomic E-state index is 12.9. The van der Waals surface area contributed by atoms with Crippen molar-refractivity contribution in [3.63, 3.8) is 0 Å². The van der Waals surface area contributed by atoms with Crippen LogP contribution in [0.3, 0.4) is 0 Å².